The van der Waals surface area contributed by atoms with E-state index in [1.807, 2.05) is 0 Å². The van der Waals surface area contributed by atoms with E-state index in [0.717, 1.165) is 0 Å². The minimum absolute atomic E-state index is 0.0311. The van der Waals surface area contributed by atoms with Crippen LogP contribution >= 0.6 is 7.60 Å². The lowest BCUT2D eigenvalue weighted by atomic mass is 10.2. The number of hydrogen-bond donors (Lipinski definition) is 3. The van der Waals surface area contributed by atoms with Gasteiger partial charge in [-0.05, 0) is 12.1 Å². The van der Waals surface area contributed by atoms with Crippen molar-refractivity contribution < 1.29 is 23.5 Å². The van der Waals surface area contributed by atoms with Gasteiger partial charge in [-0.2, -0.15) is 0 Å². The van der Waals surface area contributed by atoms with Crippen LogP contribution in [-0.4, -0.2) is 32.3 Å². The Morgan fingerprint density at radius 1 is 1.38 bits per heavy atom. The van der Waals surface area contributed by atoms with Gasteiger partial charge < -0.3 is 18.9 Å². The van der Waals surface area contributed by atoms with Gasteiger partial charge in [-0.15, -0.1) is 0 Å². The quantitative estimate of drug-likeness (QED) is 0.502. The summed E-state index contributed by atoms with van der Waals surface area (Å²) in [4.78, 5) is 42.7. The van der Waals surface area contributed by atoms with Crippen molar-refractivity contribution in [3.05, 3.63) is 45.4 Å². The molecule has 0 spiro atoms. The SMILES string of the molecule is O=c1[nH]c(=O)n(CCOCP(=O)(O)O)cc1-c1ccco1. The molecule has 0 aliphatic rings. The highest BCUT2D eigenvalue weighted by Gasteiger charge is 2.13. The Labute approximate surface area is 118 Å². The Balaban J connectivity index is 2.13. The molecule has 0 aliphatic heterocycles. The highest BCUT2D eigenvalue weighted by atomic mass is 31.2. The lowest BCUT2D eigenvalue weighted by Gasteiger charge is -2.08. The average molecular weight is 316 g/mol. The molecule has 2 aromatic heterocycles. The third-order valence-electron chi connectivity index (χ3n) is 2.53. The molecule has 2 aromatic rings. The molecule has 0 bridgehead atoms. The van der Waals surface area contributed by atoms with Crippen LogP contribution in [0.1, 0.15) is 0 Å². The summed E-state index contributed by atoms with van der Waals surface area (Å²) in [7, 11) is -4.24. The molecule has 0 saturated carbocycles. The molecule has 0 amide bonds. The van der Waals surface area contributed by atoms with Gasteiger partial charge in [0.15, 0.2) is 0 Å². The van der Waals surface area contributed by atoms with E-state index in [4.69, 9.17) is 18.9 Å². The third-order valence-corrected chi connectivity index (χ3v) is 3.05. The summed E-state index contributed by atoms with van der Waals surface area (Å²) in [6, 6.07) is 3.18. The summed E-state index contributed by atoms with van der Waals surface area (Å²) in [5, 5.41) is 0. The van der Waals surface area contributed by atoms with Gasteiger partial charge >= 0.3 is 13.3 Å². The van der Waals surface area contributed by atoms with Crippen molar-refractivity contribution >= 4 is 7.60 Å². The summed E-state index contributed by atoms with van der Waals surface area (Å²) in [6.45, 7) is -0.0576. The molecule has 0 atom stereocenters. The molecule has 2 rings (SSSR count). The van der Waals surface area contributed by atoms with E-state index in [2.05, 4.69) is 4.98 Å². The highest BCUT2D eigenvalue weighted by molar-refractivity contribution is 7.51. The summed E-state index contributed by atoms with van der Waals surface area (Å²) in [6.07, 6.45) is 1.98. The van der Waals surface area contributed by atoms with Gasteiger partial charge in [0.05, 0.1) is 25.0 Å². The average Bonchev–Trinajstić information content (AvgIpc) is 2.89. The van der Waals surface area contributed by atoms with E-state index in [-0.39, 0.29) is 18.7 Å². The molecule has 0 aliphatic carbocycles. The predicted octanol–water partition coefficient (Wildman–Crippen LogP) is -0.0516. The number of rotatable bonds is 6. The Morgan fingerprint density at radius 3 is 2.76 bits per heavy atom. The van der Waals surface area contributed by atoms with Crippen molar-refractivity contribution in [1.29, 1.82) is 0 Å². The fourth-order valence-corrected chi connectivity index (χ4v) is 2.00. The molecule has 2 heterocycles. The minimum atomic E-state index is -4.24. The first-order chi connectivity index (χ1) is 9.87. The first kappa shape index (κ1) is 15.5. The summed E-state index contributed by atoms with van der Waals surface area (Å²) in [5.74, 6) is 0.307. The zero-order valence-corrected chi connectivity index (χ0v) is 11.7. The number of hydrogen-bond acceptors (Lipinski definition) is 5. The third kappa shape index (κ3) is 4.27. The molecule has 10 heteroatoms. The number of furan rings is 1. The molecule has 0 radical (unpaired) electrons. The second-order valence-electron chi connectivity index (χ2n) is 4.17. The Bertz CT molecular complexity index is 756. The number of ether oxygens (including phenoxy) is 1. The molecule has 0 fully saturated rings. The Morgan fingerprint density at radius 2 is 2.14 bits per heavy atom. The van der Waals surface area contributed by atoms with Crippen LogP contribution in [0.3, 0.4) is 0 Å². The number of nitrogens with zero attached hydrogens (tertiary/aromatic N) is 1. The molecule has 0 aromatic carbocycles. The van der Waals surface area contributed by atoms with Crippen LogP contribution in [0.5, 0.6) is 0 Å². The van der Waals surface area contributed by atoms with E-state index in [1.54, 1.807) is 12.1 Å². The van der Waals surface area contributed by atoms with Gasteiger partial charge in [-0.3, -0.25) is 18.9 Å². The van der Waals surface area contributed by atoms with E-state index in [9.17, 15) is 14.2 Å². The molecule has 0 saturated heterocycles. The van der Waals surface area contributed by atoms with Crippen molar-refractivity contribution in [2.24, 2.45) is 0 Å². The normalized spacial score (nSPS) is 11.7. The summed E-state index contributed by atoms with van der Waals surface area (Å²) in [5.41, 5.74) is -1.05. The fraction of sp³-hybridized carbons (Fsp3) is 0.273. The standard InChI is InChI=1S/C11H13N2O7P/c14-10-8(9-2-1-4-20-9)6-13(11(15)12-10)3-5-19-7-21(16,17)18/h1-2,4,6H,3,5,7H2,(H,12,14,15)(H2,16,17,18). The van der Waals surface area contributed by atoms with Gasteiger partial charge in [0.1, 0.15) is 12.1 Å². The van der Waals surface area contributed by atoms with Crippen LogP contribution in [0.4, 0.5) is 0 Å². The maximum Gasteiger partial charge on any atom is 0.350 e. The molecular weight excluding hydrogens is 303 g/mol. The fourth-order valence-electron chi connectivity index (χ4n) is 1.63. The molecular formula is C11H13N2O7P. The Hall–Kier alpha value is -1.93. The molecule has 114 valence electrons. The van der Waals surface area contributed by atoms with Crippen LogP contribution in [0, 0.1) is 0 Å². The molecule has 9 nitrogen and oxygen atoms in total. The maximum atomic E-state index is 11.7. The topological polar surface area (TPSA) is 135 Å². The molecule has 21 heavy (non-hydrogen) atoms. The number of aromatic nitrogens is 2. The van der Waals surface area contributed by atoms with Crippen molar-refractivity contribution in [3.8, 4) is 11.3 Å². The van der Waals surface area contributed by atoms with Gasteiger partial charge in [0, 0.05) is 6.20 Å². The van der Waals surface area contributed by atoms with Gasteiger partial charge in [-0.1, -0.05) is 0 Å². The summed E-state index contributed by atoms with van der Waals surface area (Å²) < 4.78 is 21.6. The van der Waals surface area contributed by atoms with Crippen LogP contribution in [0.25, 0.3) is 11.3 Å². The van der Waals surface area contributed by atoms with Crippen LogP contribution < -0.4 is 11.2 Å². The van der Waals surface area contributed by atoms with Gasteiger partial charge in [-0.25, -0.2) is 4.79 Å². The molecule has 3 N–H and O–H groups in total. The predicted molar refractivity (Wildman–Crippen MR) is 71.9 cm³/mol. The highest BCUT2D eigenvalue weighted by Crippen LogP contribution is 2.33. The van der Waals surface area contributed by atoms with E-state index < -0.39 is 25.2 Å². The number of H-pyrrole nitrogens is 1. The first-order valence-electron chi connectivity index (χ1n) is 5.87. The number of aromatic amines is 1. The van der Waals surface area contributed by atoms with Crippen molar-refractivity contribution in [2.75, 3.05) is 13.0 Å². The largest absolute Gasteiger partial charge is 0.464 e. The second-order valence-corrected chi connectivity index (χ2v) is 5.76. The minimum Gasteiger partial charge on any atom is -0.464 e. The van der Waals surface area contributed by atoms with Crippen molar-refractivity contribution in [1.82, 2.24) is 9.55 Å². The lowest BCUT2D eigenvalue weighted by Crippen LogP contribution is -2.31. The van der Waals surface area contributed by atoms with Gasteiger partial charge in [0.2, 0.25) is 0 Å². The Kier molecular flexibility index (Phi) is 4.59. The summed E-state index contributed by atoms with van der Waals surface area (Å²) >= 11 is 0. The maximum absolute atomic E-state index is 11.7. The van der Waals surface area contributed by atoms with Crippen molar-refractivity contribution in [2.45, 2.75) is 6.54 Å². The van der Waals surface area contributed by atoms with E-state index in [0.29, 0.717) is 5.76 Å². The number of nitrogens with one attached hydrogen (secondary N) is 1. The monoisotopic (exact) mass is 316 g/mol. The van der Waals surface area contributed by atoms with E-state index >= 15 is 0 Å². The lowest BCUT2D eigenvalue weighted by molar-refractivity contribution is 0.147. The zero-order valence-electron chi connectivity index (χ0n) is 10.8. The smallest absolute Gasteiger partial charge is 0.350 e. The first-order valence-corrected chi connectivity index (χ1v) is 7.66. The van der Waals surface area contributed by atoms with Crippen molar-refractivity contribution in [3.63, 3.8) is 0 Å². The second kappa shape index (κ2) is 6.23. The van der Waals surface area contributed by atoms with Gasteiger partial charge in [0.25, 0.3) is 5.56 Å². The van der Waals surface area contributed by atoms with Crippen LogP contribution in [0.15, 0.2) is 38.6 Å². The molecule has 0 unspecified atom stereocenters. The zero-order chi connectivity index (χ0) is 15.5. The van der Waals surface area contributed by atoms with E-state index in [1.165, 1.54) is 17.0 Å². The van der Waals surface area contributed by atoms with Crippen LogP contribution in [0.2, 0.25) is 0 Å². The van der Waals surface area contributed by atoms with Crippen LogP contribution in [-0.2, 0) is 15.8 Å².